The third-order valence-electron chi connectivity index (χ3n) is 4.13. The maximum Gasteiger partial charge on any atom is 0.251 e. The van der Waals surface area contributed by atoms with E-state index in [1.165, 1.54) is 6.42 Å². The van der Waals surface area contributed by atoms with Gasteiger partial charge in [-0.2, -0.15) is 0 Å². The minimum Gasteiger partial charge on any atom is -0.350 e. The number of amides is 1. The highest BCUT2D eigenvalue weighted by atomic mass is 16.1. The minimum absolute atomic E-state index is 0.0109. The monoisotopic (exact) mass is 268 g/mol. The molecular weight excluding hydrogens is 248 g/mol. The molecule has 1 amide bonds. The molecule has 1 atom stereocenters. The molecule has 2 N–H and O–H groups in total. The van der Waals surface area contributed by atoms with Crippen molar-refractivity contribution in [3.05, 3.63) is 48.0 Å². The number of nitrogens with one attached hydrogen (secondary N) is 2. The average Bonchev–Trinajstić information content (AvgIpc) is 2.91. The SMILES string of the molecule is CC1(CNC(=O)c2cccc3ccccc23)CCCN1. The highest BCUT2D eigenvalue weighted by Gasteiger charge is 2.28. The van der Waals surface area contributed by atoms with Crippen LogP contribution in [0.25, 0.3) is 10.8 Å². The number of carbonyl (C=O) groups is 1. The Morgan fingerprint density at radius 2 is 2.05 bits per heavy atom. The van der Waals surface area contributed by atoms with Gasteiger partial charge in [-0.05, 0) is 43.1 Å². The maximum absolute atomic E-state index is 12.4. The second-order valence-electron chi connectivity index (χ2n) is 5.80. The first-order valence-electron chi connectivity index (χ1n) is 7.19. The molecule has 3 nitrogen and oxygen atoms in total. The van der Waals surface area contributed by atoms with Gasteiger partial charge in [0.1, 0.15) is 0 Å². The van der Waals surface area contributed by atoms with Crippen molar-refractivity contribution >= 4 is 16.7 Å². The van der Waals surface area contributed by atoms with E-state index in [1.807, 2.05) is 42.5 Å². The molecule has 1 heterocycles. The molecule has 1 aliphatic rings. The molecule has 0 aromatic heterocycles. The molecule has 3 rings (SSSR count). The van der Waals surface area contributed by atoms with E-state index in [1.54, 1.807) is 0 Å². The molecule has 20 heavy (non-hydrogen) atoms. The van der Waals surface area contributed by atoms with Crippen LogP contribution in [0.3, 0.4) is 0 Å². The first-order chi connectivity index (χ1) is 9.68. The molecule has 104 valence electrons. The van der Waals surface area contributed by atoms with Gasteiger partial charge in [0.15, 0.2) is 0 Å². The maximum atomic E-state index is 12.4. The zero-order valence-electron chi connectivity index (χ0n) is 11.8. The van der Waals surface area contributed by atoms with Crippen LogP contribution < -0.4 is 10.6 Å². The molecule has 2 aromatic carbocycles. The van der Waals surface area contributed by atoms with Gasteiger partial charge >= 0.3 is 0 Å². The quantitative estimate of drug-likeness (QED) is 0.898. The summed E-state index contributed by atoms with van der Waals surface area (Å²) < 4.78 is 0. The predicted octanol–water partition coefficient (Wildman–Crippen LogP) is 2.71. The van der Waals surface area contributed by atoms with E-state index in [2.05, 4.69) is 17.6 Å². The molecule has 0 aliphatic carbocycles. The molecule has 0 saturated carbocycles. The fourth-order valence-corrected chi connectivity index (χ4v) is 2.90. The Hall–Kier alpha value is -1.87. The second kappa shape index (κ2) is 5.25. The van der Waals surface area contributed by atoms with Gasteiger partial charge in [-0.15, -0.1) is 0 Å². The van der Waals surface area contributed by atoms with Crippen molar-refractivity contribution in [1.82, 2.24) is 10.6 Å². The fourth-order valence-electron chi connectivity index (χ4n) is 2.90. The molecule has 1 saturated heterocycles. The summed E-state index contributed by atoms with van der Waals surface area (Å²) in [5.41, 5.74) is 0.796. The minimum atomic E-state index is 0.0109. The molecule has 1 fully saturated rings. The van der Waals surface area contributed by atoms with Crippen LogP contribution in [0.5, 0.6) is 0 Å². The molecule has 3 heteroatoms. The van der Waals surface area contributed by atoms with E-state index in [0.717, 1.165) is 29.3 Å². The number of hydrogen-bond acceptors (Lipinski definition) is 2. The highest BCUT2D eigenvalue weighted by molar-refractivity contribution is 6.07. The van der Waals surface area contributed by atoms with E-state index in [0.29, 0.717) is 6.54 Å². The summed E-state index contributed by atoms with van der Waals surface area (Å²) in [6, 6.07) is 13.9. The summed E-state index contributed by atoms with van der Waals surface area (Å²) in [6.45, 7) is 3.89. The fraction of sp³-hybridized carbons (Fsp3) is 0.353. The predicted molar refractivity (Wildman–Crippen MR) is 81.9 cm³/mol. The van der Waals surface area contributed by atoms with Gasteiger partial charge in [0.25, 0.3) is 5.91 Å². The van der Waals surface area contributed by atoms with Gasteiger partial charge in [-0.25, -0.2) is 0 Å². The third kappa shape index (κ3) is 2.54. The lowest BCUT2D eigenvalue weighted by Gasteiger charge is -2.24. The van der Waals surface area contributed by atoms with Crippen LogP contribution in [-0.4, -0.2) is 24.5 Å². The summed E-state index contributed by atoms with van der Waals surface area (Å²) in [4.78, 5) is 12.4. The largest absolute Gasteiger partial charge is 0.350 e. The lowest BCUT2D eigenvalue weighted by atomic mass is 9.99. The van der Waals surface area contributed by atoms with E-state index >= 15 is 0 Å². The standard InChI is InChI=1S/C17H20N2O/c1-17(10-5-11-19-17)12-18-16(20)15-9-4-7-13-6-2-3-8-14(13)15/h2-4,6-9,19H,5,10-12H2,1H3,(H,18,20). The lowest BCUT2D eigenvalue weighted by Crippen LogP contribution is -2.47. The van der Waals surface area contributed by atoms with Gasteiger partial charge in [0.05, 0.1) is 0 Å². The van der Waals surface area contributed by atoms with Crippen LogP contribution in [0.1, 0.15) is 30.1 Å². The zero-order chi connectivity index (χ0) is 14.0. The number of fused-ring (bicyclic) bond motifs is 1. The molecule has 0 radical (unpaired) electrons. The van der Waals surface area contributed by atoms with Gasteiger partial charge in [0.2, 0.25) is 0 Å². The van der Waals surface area contributed by atoms with Crippen molar-refractivity contribution in [2.24, 2.45) is 0 Å². The zero-order valence-corrected chi connectivity index (χ0v) is 11.8. The van der Waals surface area contributed by atoms with Gasteiger partial charge in [-0.3, -0.25) is 4.79 Å². The Balaban J connectivity index is 1.79. The Morgan fingerprint density at radius 3 is 2.85 bits per heavy atom. The molecule has 1 aliphatic heterocycles. The number of carbonyl (C=O) groups excluding carboxylic acids is 1. The molecule has 0 bridgehead atoms. The van der Waals surface area contributed by atoms with Crippen molar-refractivity contribution in [2.45, 2.75) is 25.3 Å². The van der Waals surface area contributed by atoms with Crippen molar-refractivity contribution in [3.63, 3.8) is 0 Å². The molecular formula is C17H20N2O. The highest BCUT2D eigenvalue weighted by Crippen LogP contribution is 2.20. The summed E-state index contributed by atoms with van der Waals surface area (Å²) in [7, 11) is 0. The third-order valence-corrected chi connectivity index (χ3v) is 4.13. The summed E-state index contributed by atoms with van der Waals surface area (Å²) in [6.07, 6.45) is 2.30. The van der Waals surface area contributed by atoms with Crippen LogP contribution >= 0.6 is 0 Å². The summed E-state index contributed by atoms with van der Waals surface area (Å²) in [5, 5.41) is 8.65. The Bertz CT molecular complexity index is 624. The van der Waals surface area contributed by atoms with Crippen molar-refractivity contribution in [2.75, 3.05) is 13.1 Å². The molecule has 1 unspecified atom stereocenters. The number of benzene rings is 2. The van der Waals surface area contributed by atoms with Crippen LogP contribution in [0, 0.1) is 0 Å². The number of rotatable bonds is 3. The van der Waals surface area contributed by atoms with Crippen molar-refractivity contribution in [3.8, 4) is 0 Å². The Labute approximate surface area is 119 Å². The average molecular weight is 268 g/mol. The van der Waals surface area contributed by atoms with Crippen molar-refractivity contribution < 1.29 is 4.79 Å². The van der Waals surface area contributed by atoms with Crippen LogP contribution in [0.2, 0.25) is 0 Å². The van der Waals surface area contributed by atoms with Gasteiger partial charge in [-0.1, -0.05) is 36.4 Å². The molecule has 0 spiro atoms. The summed E-state index contributed by atoms with van der Waals surface area (Å²) >= 11 is 0. The van der Waals surface area contributed by atoms with Gasteiger partial charge < -0.3 is 10.6 Å². The van der Waals surface area contributed by atoms with Gasteiger partial charge in [0, 0.05) is 17.6 Å². The van der Waals surface area contributed by atoms with Crippen LogP contribution in [-0.2, 0) is 0 Å². The molecule has 2 aromatic rings. The van der Waals surface area contributed by atoms with Crippen LogP contribution in [0.15, 0.2) is 42.5 Å². The topological polar surface area (TPSA) is 41.1 Å². The van der Waals surface area contributed by atoms with E-state index in [-0.39, 0.29) is 11.4 Å². The van der Waals surface area contributed by atoms with Crippen LogP contribution in [0.4, 0.5) is 0 Å². The normalized spacial score (nSPS) is 22.1. The Morgan fingerprint density at radius 1 is 1.25 bits per heavy atom. The van der Waals surface area contributed by atoms with E-state index < -0.39 is 0 Å². The first kappa shape index (κ1) is 13.1. The van der Waals surface area contributed by atoms with Crippen molar-refractivity contribution in [1.29, 1.82) is 0 Å². The first-order valence-corrected chi connectivity index (χ1v) is 7.19. The van der Waals surface area contributed by atoms with E-state index in [4.69, 9.17) is 0 Å². The summed E-state index contributed by atoms with van der Waals surface area (Å²) in [5.74, 6) is 0.0109. The number of hydrogen-bond donors (Lipinski definition) is 2. The van der Waals surface area contributed by atoms with E-state index in [9.17, 15) is 4.79 Å². The smallest absolute Gasteiger partial charge is 0.251 e. The Kier molecular flexibility index (Phi) is 3.45. The second-order valence-corrected chi connectivity index (χ2v) is 5.80. The lowest BCUT2D eigenvalue weighted by molar-refractivity contribution is 0.0944.